The molecule has 1 N–H and O–H groups in total. The summed E-state index contributed by atoms with van der Waals surface area (Å²) in [5.41, 5.74) is 0.0622. The average Bonchev–Trinajstić information content (AvgIpc) is 2.49. The van der Waals surface area contributed by atoms with Gasteiger partial charge in [0.15, 0.2) is 0 Å². The zero-order chi connectivity index (χ0) is 18.3. The summed E-state index contributed by atoms with van der Waals surface area (Å²) in [4.78, 5) is 23.0. The van der Waals surface area contributed by atoms with Gasteiger partial charge in [-0.05, 0) is 26.1 Å². The zero-order valence-corrected chi connectivity index (χ0v) is 13.2. The summed E-state index contributed by atoms with van der Waals surface area (Å²) in [6, 6.07) is 3.68. The van der Waals surface area contributed by atoms with Gasteiger partial charge in [0.1, 0.15) is 0 Å². The lowest BCUT2D eigenvalue weighted by molar-refractivity contribution is -0.384. The van der Waals surface area contributed by atoms with Crippen LogP contribution in [0.4, 0.5) is 24.5 Å². The Hall–Kier alpha value is -2.36. The highest BCUT2D eigenvalue weighted by Gasteiger charge is 2.28. The van der Waals surface area contributed by atoms with Gasteiger partial charge in [-0.2, -0.15) is 13.2 Å². The summed E-state index contributed by atoms with van der Waals surface area (Å²) < 4.78 is 41.2. The Morgan fingerprint density at radius 1 is 1.42 bits per heavy atom. The van der Waals surface area contributed by atoms with E-state index in [-0.39, 0.29) is 17.8 Å². The molecule has 0 fully saturated rings. The lowest BCUT2D eigenvalue weighted by Crippen LogP contribution is -2.32. The van der Waals surface area contributed by atoms with E-state index in [9.17, 15) is 28.1 Å². The normalized spacial score (nSPS) is 11.4. The quantitative estimate of drug-likeness (QED) is 0.336. The van der Waals surface area contributed by atoms with Gasteiger partial charge in [0, 0.05) is 24.4 Å². The number of rotatable bonds is 8. The Bertz CT molecular complexity index is 593. The van der Waals surface area contributed by atoms with Crippen molar-refractivity contribution in [2.75, 3.05) is 39.1 Å². The van der Waals surface area contributed by atoms with E-state index in [4.69, 9.17) is 0 Å². The van der Waals surface area contributed by atoms with Gasteiger partial charge in [0.25, 0.3) is 5.69 Å². The van der Waals surface area contributed by atoms with Crippen LogP contribution in [0.3, 0.4) is 0 Å². The maximum atomic E-state index is 12.2. The summed E-state index contributed by atoms with van der Waals surface area (Å²) in [7, 11) is 2.51. The van der Waals surface area contributed by atoms with Crippen molar-refractivity contribution < 1.29 is 27.6 Å². The van der Waals surface area contributed by atoms with Crippen LogP contribution < -0.4 is 5.32 Å². The number of hydrogen-bond donors (Lipinski definition) is 1. The van der Waals surface area contributed by atoms with Crippen LogP contribution in [0.25, 0.3) is 0 Å². The number of nitro groups is 1. The molecule has 0 bridgehead atoms. The molecule has 0 spiro atoms. The smallest absolute Gasteiger partial charge is 0.401 e. The second kappa shape index (κ2) is 8.48. The van der Waals surface area contributed by atoms with Crippen molar-refractivity contribution in [3.63, 3.8) is 0 Å². The number of nitro benzene ring substituents is 1. The molecule has 0 unspecified atom stereocenters. The number of benzene rings is 1. The highest BCUT2D eigenvalue weighted by Crippen LogP contribution is 2.23. The minimum Gasteiger partial charge on any atom is -0.465 e. The topological polar surface area (TPSA) is 84.7 Å². The standard InChI is InChI=1S/C14H18F3N3O4/c1-19(9-14(15,16)17)7-3-6-18-12-5-4-10(20(22)23)8-11(12)13(21)24-2/h4-5,8,18H,3,6-7,9H2,1-2H3. The molecular weight excluding hydrogens is 331 g/mol. The Balaban J connectivity index is 2.64. The van der Waals surface area contributed by atoms with Gasteiger partial charge in [-0.1, -0.05) is 0 Å². The number of halogens is 3. The Morgan fingerprint density at radius 2 is 2.08 bits per heavy atom. The van der Waals surface area contributed by atoms with E-state index in [1.54, 1.807) is 0 Å². The fourth-order valence-electron chi connectivity index (χ4n) is 2.04. The van der Waals surface area contributed by atoms with Crippen molar-refractivity contribution >= 4 is 17.3 Å². The van der Waals surface area contributed by atoms with Crippen molar-refractivity contribution in [3.8, 4) is 0 Å². The molecule has 0 amide bonds. The molecule has 0 aromatic heterocycles. The van der Waals surface area contributed by atoms with Crippen LogP contribution in [0.2, 0.25) is 0 Å². The lowest BCUT2D eigenvalue weighted by atomic mass is 10.1. The van der Waals surface area contributed by atoms with E-state index < -0.39 is 23.6 Å². The number of alkyl halides is 3. The molecule has 0 radical (unpaired) electrons. The fourth-order valence-corrected chi connectivity index (χ4v) is 2.04. The third kappa shape index (κ3) is 6.41. The Kier molecular flexibility index (Phi) is 6.96. The number of carbonyl (C=O) groups excluding carboxylic acids is 1. The number of non-ortho nitro benzene ring substituents is 1. The predicted octanol–water partition coefficient (Wildman–Crippen LogP) is 2.68. The molecule has 0 aliphatic rings. The molecule has 0 saturated carbocycles. The van der Waals surface area contributed by atoms with Crippen molar-refractivity contribution in [2.24, 2.45) is 0 Å². The van der Waals surface area contributed by atoms with E-state index in [1.165, 1.54) is 19.2 Å². The SMILES string of the molecule is COC(=O)c1cc([N+](=O)[O-])ccc1NCCCN(C)CC(F)(F)F. The molecule has 1 aromatic carbocycles. The molecule has 0 aliphatic carbocycles. The third-order valence-electron chi connectivity index (χ3n) is 3.10. The average molecular weight is 349 g/mol. The monoisotopic (exact) mass is 349 g/mol. The molecule has 10 heteroatoms. The van der Waals surface area contributed by atoms with Crippen LogP contribution in [0.1, 0.15) is 16.8 Å². The third-order valence-corrected chi connectivity index (χ3v) is 3.10. The number of methoxy groups -OCH3 is 1. The first-order valence-corrected chi connectivity index (χ1v) is 7.00. The maximum absolute atomic E-state index is 12.2. The van der Waals surface area contributed by atoms with Gasteiger partial charge in [0.2, 0.25) is 0 Å². The Morgan fingerprint density at radius 3 is 2.62 bits per heavy atom. The van der Waals surface area contributed by atoms with Crippen molar-refractivity contribution in [2.45, 2.75) is 12.6 Å². The van der Waals surface area contributed by atoms with Crippen LogP contribution in [0.15, 0.2) is 18.2 Å². The first-order valence-electron chi connectivity index (χ1n) is 7.00. The molecule has 1 aromatic rings. The highest BCUT2D eigenvalue weighted by molar-refractivity contribution is 5.96. The first kappa shape index (κ1) is 19.7. The number of anilines is 1. The number of carbonyl (C=O) groups is 1. The van der Waals surface area contributed by atoms with E-state index in [0.717, 1.165) is 18.1 Å². The van der Waals surface area contributed by atoms with Crippen LogP contribution in [0.5, 0.6) is 0 Å². The predicted molar refractivity (Wildman–Crippen MR) is 81.1 cm³/mol. The highest BCUT2D eigenvalue weighted by atomic mass is 19.4. The zero-order valence-electron chi connectivity index (χ0n) is 13.2. The molecule has 134 valence electrons. The molecule has 0 saturated heterocycles. The van der Waals surface area contributed by atoms with E-state index >= 15 is 0 Å². The van der Waals surface area contributed by atoms with Gasteiger partial charge < -0.3 is 10.1 Å². The Labute approximate surface area is 136 Å². The van der Waals surface area contributed by atoms with Crippen molar-refractivity contribution in [1.82, 2.24) is 4.90 Å². The molecule has 24 heavy (non-hydrogen) atoms. The van der Waals surface area contributed by atoms with Gasteiger partial charge in [-0.15, -0.1) is 0 Å². The second-order valence-corrected chi connectivity index (χ2v) is 5.11. The molecule has 0 aliphatic heterocycles. The largest absolute Gasteiger partial charge is 0.465 e. The first-order chi connectivity index (χ1) is 11.1. The summed E-state index contributed by atoms with van der Waals surface area (Å²) in [6.45, 7) is -0.505. The number of nitrogens with one attached hydrogen (secondary N) is 1. The van der Waals surface area contributed by atoms with Crippen LogP contribution in [-0.4, -0.2) is 55.8 Å². The molecule has 7 nitrogen and oxygen atoms in total. The van der Waals surface area contributed by atoms with Crippen LogP contribution in [0, 0.1) is 10.1 Å². The number of nitrogens with zero attached hydrogens (tertiary/aromatic N) is 2. The van der Waals surface area contributed by atoms with E-state index in [1.807, 2.05) is 0 Å². The molecule has 0 heterocycles. The van der Waals surface area contributed by atoms with Gasteiger partial charge in [-0.25, -0.2) is 4.79 Å². The summed E-state index contributed by atoms with van der Waals surface area (Å²) in [5, 5.41) is 13.6. The molecular formula is C14H18F3N3O4. The lowest BCUT2D eigenvalue weighted by Gasteiger charge is -2.18. The van der Waals surface area contributed by atoms with Crippen LogP contribution >= 0.6 is 0 Å². The fraction of sp³-hybridized carbons (Fsp3) is 0.500. The number of ether oxygens (including phenoxy) is 1. The summed E-state index contributed by atoms with van der Waals surface area (Å²) in [6.07, 6.45) is -3.86. The van der Waals surface area contributed by atoms with Gasteiger partial charge in [0.05, 0.1) is 24.1 Å². The van der Waals surface area contributed by atoms with Crippen molar-refractivity contribution in [3.05, 3.63) is 33.9 Å². The summed E-state index contributed by atoms with van der Waals surface area (Å²) in [5.74, 6) is -0.740. The van der Waals surface area contributed by atoms with Gasteiger partial charge >= 0.3 is 12.1 Å². The van der Waals surface area contributed by atoms with Crippen molar-refractivity contribution in [1.29, 1.82) is 0 Å². The summed E-state index contributed by atoms with van der Waals surface area (Å²) >= 11 is 0. The number of esters is 1. The minimum atomic E-state index is -4.25. The van der Waals surface area contributed by atoms with E-state index in [2.05, 4.69) is 10.1 Å². The van der Waals surface area contributed by atoms with Gasteiger partial charge in [-0.3, -0.25) is 15.0 Å². The second-order valence-electron chi connectivity index (χ2n) is 5.11. The minimum absolute atomic E-state index is 0.00431. The van der Waals surface area contributed by atoms with Crippen LogP contribution in [-0.2, 0) is 4.74 Å². The molecule has 0 atom stereocenters. The number of hydrogen-bond acceptors (Lipinski definition) is 6. The van der Waals surface area contributed by atoms with E-state index in [0.29, 0.717) is 18.7 Å². The maximum Gasteiger partial charge on any atom is 0.401 e. The molecule has 1 rings (SSSR count).